The molecule has 0 unspecified atom stereocenters. The number of aromatic nitrogens is 1. The van der Waals surface area contributed by atoms with Gasteiger partial charge in [0.05, 0.1) is 0 Å². The van der Waals surface area contributed by atoms with Crippen molar-refractivity contribution in [3.05, 3.63) is 29.0 Å². The number of pyridine rings is 1. The number of carbonyl (C=O) groups excluding carboxylic acids is 1. The molecule has 1 heterocycles. The number of halogens is 1. The monoisotopic (exact) mass is 252 g/mol. The third kappa shape index (κ3) is 3.19. The minimum atomic E-state index is -0.128. The fourth-order valence-corrected chi connectivity index (χ4v) is 2.49. The molecular weight excluding hydrogens is 236 g/mol. The van der Waals surface area contributed by atoms with Crippen LogP contribution >= 0.6 is 11.6 Å². The van der Waals surface area contributed by atoms with E-state index in [1.807, 2.05) is 0 Å². The molecule has 17 heavy (non-hydrogen) atoms. The molecule has 1 N–H and O–H groups in total. The Morgan fingerprint density at radius 1 is 1.35 bits per heavy atom. The lowest BCUT2D eigenvalue weighted by molar-refractivity contribution is 0.0877. The summed E-state index contributed by atoms with van der Waals surface area (Å²) in [7, 11) is 0. The molecule has 1 aliphatic rings. The van der Waals surface area contributed by atoms with Crippen LogP contribution in [0.4, 0.5) is 0 Å². The van der Waals surface area contributed by atoms with E-state index >= 15 is 0 Å². The highest BCUT2D eigenvalue weighted by atomic mass is 35.5. The molecule has 1 amide bonds. The Balaban J connectivity index is 2.06. The van der Waals surface area contributed by atoms with Gasteiger partial charge >= 0.3 is 0 Å². The van der Waals surface area contributed by atoms with Gasteiger partial charge in [-0.3, -0.25) is 4.79 Å². The van der Waals surface area contributed by atoms with Crippen LogP contribution in [0.3, 0.4) is 0 Å². The van der Waals surface area contributed by atoms with Crippen molar-refractivity contribution in [2.24, 2.45) is 0 Å². The van der Waals surface area contributed by atoms with Gasteiger partial charge in [-0.1, -0.05) is 36.9 Å². The Kier molecular flexibility index (Phi) is 3.67. The first-order valence-corrected chi connectivity index (χ1v) is 6.42. The normalized spacial score (nSPS) is 18.7. The maximum absolute atomic E-state index is 12.0. The summed E-state index contributed by atoms with van der Waals surface area (Å²) in [6.07, 6.45) is 5.71. The van der Waals surface area contributed by atoms with Crippen molar-refractivity contribution in [2.45, 2.75) is 44.6 Å². The van der Waals surface area contributed by atoms with Crippen molar-refractivity contribution in [3.63, 3.8) is 0 Å². The Hall–Kier alpha value is -1.09. The molecule has 0 aliphatic heterocycles. The van der Waals surface area contributed by atoms with E-state index < -0.39 is 0 Å². The SMILES string of the molecule is CC1(NC(=O)c2cccc(Cl)n2)CCCCC1. The van der Waals surface area contributed by atoms with E-state index in [4.69, 9.17) is 11.6 Å². The largest absolute Gasteiger partial charge is 0.346 e. The average Bonchev–Trinajstić information content (AvgIpc) is 2.29. The number of carbonyl (C=O) groups is 1. The van der Waals surface area contributed by atoms with Crippen molar-refractivity contribution in [1.29, 1.82) is 0 Å². The molecular formula is C13H17ClN2O. The zero-order valence-corrected chi connectivity index (χ0v) is 10.8. The van der Waals surface area contributed by atoms with Crippen molar-refractivity contribution < 1.29 is 4.79 Å². The Labute approximate surface area is 107 Å². The van der Waals surface area contributed by atoms with Crippen molar-refractivity contribution in [3.8, 4) is 0 Å². The van der Waals surface area contributed by atoms with Gasteiger partial charge in [0.1, 0.15) is 10.8 Å². The van der Waals surface area contributed by atoms with Crippen LogP contribution in [0, 0.1) is 0 Å². The van der Waals surface area contributed by atoms with Gasteiger partial charge in [-0.25, -0.2) is 4.98 Å². The molecule has 1 aromatic rings. The highest BCUT2D eigenvalue weighted by Crippen LogP contribution is 2.27. The van der Waals surface area contributed by atoms with E-state index in [0.29, 0.717) is 10.8 Å². The van der Waals surface area contributed by atoms with Crippen LogP contribution in [0.25, 0.3) is 0 Å². The molecule has 0 bridgehead atoms. The van der Waals surface area contributed by atoms with Gasteiger partial charge in [-0.05, 0) is 31.9 Å². The standard InChI is InChI=1S/C13H17ClN2O/c1-13(8-3-2-4-9-13)16-12(17)10-6-5-7-11(14)15-10/h5-7H,2-4,8-9H2,1H3,(H,16,17). The summed E-state index contributed by atoms with van der Waals surface area (Å²) in [6, 6.07) is 5.10. The quantitative estimate of drug-likeness (QED) is 0.822. The average molecular weight is 253 g/mol. The van der Waals surface area contributed by atoms with Crippen molar-refractivity contribution >= 4 is 17.5 Å². The summed E-state index contributed by atoms with van der Waals surface area (Å²) in [5.74, 6) is -0.128. The first-order valence-electron chi connectivity index (χ1n) is 6.04. The van der Waals surface area contributed by atoms with Gasteiger partial charge < -0.3 is 5.32 Å². The number of hydrogen-bond donors (Lipinski definition) is 1. The van der Waals surface area contributed by atoms with Crippen LogP contribution in [0.2, 0.25) is 5.15 Å². The molecule has 1 saturated carbocycles. The highest BCUT2D eigenvalue weighted by molar-refractivity contribution is 6.29. The molecule has 1 aliphatic carbocycles. The second kappa shape index (κ2) is 5.05. The van der Waals surface area contributed by atoms with Gasteiger partial charge in [0, 0.05) is 5.54 Å². The van der Waals surface area contributed by atoms with E-state index in [1.165, 1.54) is 19.3 Å². The van der Waals surface area contributed by atoms with E-state index in [0.717, 1.165) is 12.8 Å². The Morgan fingerprint density at radius 2 is 2.06 bits per heavy atom. The van der Waals surface area contributed by atoms with Gasteiger partial charge in [0.15, 0.2) is 0 Å². The third-order valence-corrected chi connectivity index (χ3v) is 3.53. The Bertz CT molecular complexity index is 414. The topological polar surface area (TPSA) is 42.0 Å². The molecule has 92 valence electrons. The molecule has 0 atom stereocenters. The van der Waals surface area contributed by atoms with Crippen molar-refractivity contribution in [1.82, 2.24) is 10.3 Å². The molecule has 0 saturated heterocycles. The maximum atomic E-state index is 12.0. The summed E-state index contributed by atoms with van der Waals surface area (Å²) >= 11 is 5.78. The van der Waals surface area contributed by atoms with Crippen molar-refractivity contribution in [2.75, 3.05) is 0 Å². The molecule has 4 heteroatoms. The highest BCUT2D eigenvalue weighted by Gasteiger charge is 2.28. The minimum absolute atomic E-state index is 0.0840. The van der Waals surface area contributed by atoms with Gasteiger partial charge in [0.2, 0.25) is 0 Å². The summed E-state index contributed by atoms with van der Waals surface area (Å²) in [5, 5.41) is 3.43. The van der Waals surface area contributed by atoms with Crippen LogP contribution in [0.5, 0.6) is 0 Å². The zero-order chi connectivity index (χ0) is 12.3. The molecule has 0 spiro atoms. The van der Waals surface area contributed by atoms with E-state index in [9.17, 15) is 4.79 Å². The number of nitrogens with one attached hydrogen (secondary N) is 1. The molecule has 1 aromatic heterocycles. The minimum Gasteiger partial charge on any atom is -0.346 e. The van der Waals surface area contributed by atoms with Crippen LogP contribution in [0.1, 0.15) is 49.5 Å². The summed E-state index contributed by atoms with van der Waals surface area (Å²) in [5.41, 5.74) is 0.309. The zero-order valence-electron chi connectivity index (χ0n) is 10.0. The first-order chi connectivity index (χ1) is 8.09. The lowest BCUT2D eigenvalue weighted by atomic mass is 9.83. The van der Waals surface area contributed by atoms with Crippen LogP contribution < -0.4 is 5.32 Å². The van der Waals surface area contributed by atoms with Crippen LogP contribution in [-0.2, 0) is 0 Å². The molecule has 2 rings (SSSR count). The van der Waals surface area contributed by atoms with Crippen LogP contribution in [0.15, 0.2) is 18.2 Å². The van der Waals surface area contributed by atoms with E-state index in [2.05, 4.69) is 17.2 Å². The predicted octanol–water partition coefficient (Wildman–Crippen LogP) is 3.19. The molecule has 0 aromatic carbocycles. The summed E-state index contributed by atoms with van der Waals surface area (Å²) in [6.45, 7) is 2.11. The molecule has 3 nitrogen and oxygen atoms in total. The van der Waals surface area contributed by atoms with Crippen LogP contribution in [-0.4, -0.2) is 16.4 Å². The lowest BCUT2D eigenvalue weighted by Gasteiger charge is -2.34. The van der Waals surface area contributed by atoms with Gasteiger partial charge in [-0.2, -0.15) is 0 Å². The smallest absolute Gasteiger partial charge is 0.270 e. The summed E-state index contributed by atoms with van der Waals surface area (Å²) in [4.78, 5) is 16.1. The fourth-order valence-electron chi connectivity index (χ4n) is 2.33. The molecule has 1 fully saturated rings. The second-order valence-corrected chi connectivity index (χ2v) is 5.31. The van der Waals surface area contributed by atoms with E-state index in [1.54, 1.807) is 18.2 Å². The third-order valence-electron chi connectivity index (χ3n) is 3.32. The maximum Gasteiger partial charge on any atom is 0.270 e. The lowest BCUT2D eigenvalue weighted by Crippen LogP contribution is -2.47. The number of amides is 1. The first kappa shape index (κ1) is 12.4. The van der Waals surface area contributed by atoms with Gasteiger partial charge in [-0.15, -0.1) is 0 Å². The fraction of sp³-hybridized carbons (Fsp3) is 0.538. The van der Waals surface area contributed by atoms with Gasteiger partial charge in [0.25, 0.3) is 5.91 Å². The number of hydrogen-bond acceptors (Lipinski definition) is 2. The summed E-state index contributed by atoms with van der Waals surface area (Å²) < 4.78 is 0. The number of nitrogens with zero attached hydrogens (tertiary/aromatic N) is 1. The Morgan fingerprint density at radius 3 is 2.71 bits per heavy atom. The second-order valence-electron chi connectivity index (χ2n) is 4.92. The number of rotatable bonds is 2. The molecule has 0 radical (unpaired) electrons. The van der Waals surface area contributed by atoms with E-state index in [-0.39, 0.29) is 11.4 Å². The predicted molar refractivity (Wildman–Crippen MR) is 68.2 cm³/mol.